The van der Waals surface area contributed by atoms with E-state index in [-0.39, 0.29) is 5.41 Å². The van der Waals surface area contributed by atoms with Crippen LogP contribution in [-0.4, -0.2) is 0 Å². The molecule has 0 aliphatic heterocycles. The normalized spacial score (nSPS) is 16.8. The van der Waals surface area contributed by atoms with Crippen molar-refractivity contribution in [3.05, 3.63) is 144 Å². The number of hydrogen-bond acceptors (Lipinski definition) is 1. The van der Waals surface area contributed by atoms with Gasteiger partial charge in [0.2, 0.25) is 0 Å². The quantitative estimate of drug-likeness (QED) is 0.195. The molecule has 1 atom stereocenters. The molecule has 1 heterocycles. The van der Waals surface area contributed by atoms with Gasteiger partial charge >= 0.3 is 0 Å². The molecular formula is C43H32O. The van der Waals surface area contributed by atoms with Crippen LogP contribution in [0.15, 0.2) is 132 Å². The Balaban J connectivity index is 1.22. The van der Waals surface area contributed by atoms with Crippen LogP contribution in [0.3, 0.4) is 0 Å². The molecule has 1 aliphatic carbocycles. The zero-order valence-electron chi connectivity index (χ0n) is 25.2. The highest BCUT2D eigenvalue weighted by molar-refractivity contribution is 6.26. The van der Waals surface area contributed by atoms with Crippen molar-refractivity contribution in [2.24, 2.45) is 0 Å². The first-order valence-corrected chi connectivity index (χ1v) is 15.6. The van der Waals surface area contributed by atoms with Crippen LogP contribution >= 0.6 is 0 Å². The third-order valence-electron chi connectivity index (χ3n) is 10.1. The lowest BCUT2D eigenvalue weighted by molar-refractivity contribution is 0.605. The molecule has 0 amide bonds. The number of furan rings is 1. The molecule has 0 bridgehead atoms. The minimum atomic E-state index is -0.00624. The molecule has 0 spiro atoms. The van der Waals surface area contributed by atoms with Gasteiger partial charge in [0.1, 0.15) is 11.2 Å². The Morgan fingerprint density at radius 3 is 2.07 bits per heavy atom. The molecule has 44 heavy (non-hydrogen) atoms. The van der Waals surface area contributed by atoms with Crippen LogP contribution in [0.4, 0.5) is 0 Å². The number of allylic oxidation sites excluding steroid dienone is 4. The predicted molar refractivity (Wildman–Crippen MR) is 188 cm³/mol. The number of aryl methyl sites for hydroxylation is 2. The lowest BCUT2D eigenvalue weighted by Gasteiger charge is -2.29. The van der Waals surface area contributed by atoms with Gasteiger partial charge in [0.15, 0.2) is 0 Å². The maximum Gasteiger partial charge on any atom is 0.143 e. The average molecular weight is 565 g/mol. The molecule has 0 radical (unpaired) electrons. The SMILES string of the molecule is Cc1cc(-c2cccc3c2oc2c(C)cccc23)ccc1-c1ccc2ccc3c(C4(C)C=CC=CC4)ccc4ccc1c2c43. The van der Waals surface area contributed by atoms with Gasteiger partial charge in [-0.1, -0.05) is 134 Å². The zero-order chi connectivity index (χ0) is 29.6. The highest BCUT2D eigenvalue weighted by Crippen LogP contribution is 2.45. The van der Waals surface area contributed by atoms with Gasteiger partial charge in [-0.05, 0) is 86.0 Å². The van der Waals surface area contributed by atoms with Crippen molar-refractivity contribution >= 4 is 54.3 Å². The standard InChI is InChI=1S/C43H32O/c1-26-9-7-11-35-36-12-8-10-32(42(36)44-41(26)35)30-16-18-31(27(2)25-30)33-19-13-28-15-21-37-38(43(3)23-5-4-6-24-43)22-17-29-14-20-34(33)39(28)40(29)37/h4-23,25H,24H2,1-3H3. The van der Waals surface area contributed by atoms with Crippen molar-refractivity contribution in [2.75, 3.05) is 0 Å². The van der Waals surface area contributed by atoms with Crippen molar-refractivity contribution in [3.63, 3.8) is 0 Å². The van der Waals surface area contributed by atoms with Crippen LogP contribution in [0.25, 0.3) is 76.5 Å². The molecule has 0 saturated heterocycles. The van der Waals surface area contributed by atoms with Gasteiger partial charge in [0, 0.05) is 21.8 Å². The summed E-state index contributed by atoms with van der Waals surface area (Å²) in [6.45, 7) is 6.72. The lowest BCUT2D eigenvalue weighted by atomic mass is 9.74. The van der Waals surface area contributed by atoms with Gasteiger partial charge < -0.3 is 4.42 Å². The van der Waals surface area contributed by atoms with Crippen LogP contribution in [0.1, 0.15) is 30.0 Å². The fraction of sp³-hybridized carbons (Fsp3) is 0.116. The fourth-order valence-electron chi connectivity index (χ4n) is 7.78. The van der Waals surface area contributed by atoms with Crippen molar-refractivity contribution in [3.8, 4) is 22.3 Å². The molecule has 0 fully saturated rings. The number of hydrogen-bond donors (Lipinski definition) is 0. The lowest BCUT2D eigenvalue weighted by Crippen LogP contribution is -2.19. The first-order chi connectivity index (χ1) is 21.5. The molecule has 1 nitrogen and oxygen atoms in total. The molecule has 0 saturated carbocycles. The number of rotatable bonds is 3. The largest absolute Gasteiger partial charge is 0.455 e. The average Bonchev–Trinajstić information content (AvgIpc) is 3.44. The Hall–Kier alpha value is -5.14. The summed E-state index contributed by atoms with van der Waals surface area (Å²) < 4.78 is 6.50. The van der Waals surface area contributed by atoms with E-state index in [0.717, 1.165) is 23.2 Å². The smallest absolute Gasteiger partial charge is 0.143 e. The van der Waals surface area contributed by atoms with E-state index >= 15 is 0 Å². The van der Waals surface area contributed by atoms with Gasteiger partial charge in [0.05, 0.1) is 0 Å². The second-order valence-electron chi connectivity index (χ2n) is 12.8. The summed E-state index contributed by atoms with van der Waals surface area (Å²) in [5.74, 6) is 0. The summed E-state index contributed by atoms with van der Waals surface area (Å²) in [6.07, 6.45) is 10.0. The van der Waals surface area contributed by atoms with Gasteiger partial charge in [-0.15, -0.1) is 0 Å². The van der Waals surface area contributed by atoms with Gasteiger partial charge in [-0.2, -0.15) is 0 Å². The topological polar surface area (TPSA) is 13.1 Å². The monoisotopic (exact) mass is 564 g/mol. The second kappa shape index (κ2) is 9.18. The van der Waals surface area contributed by atoms with E-state index < -0.39 is 0 Å². The molecule has 7 aromatic carbocycles. The zero-order valence-corrected chi connectivity index (χ0v) is 25.2. The minimum Gasteiger partial charge on any atom is -0.455 e. The van der Waals surface area contributed by atoms with Gasteiger partial charge in [0.25, 0.3) is 0 Å². The third kappa shape index (κ3) is 3.53. The van der Waals surface area contributed by atoms with Crippen molar-refractivity contribution in [1.82, 2.24) is 0 Å². The van der Waals surface area contributed by atoms with Gasteiger partial charge in [-0.25, -0.2) is 0 Å². The summed E-state index contributed by atoms with van der Waals surface area (Å²) in [6, 6.07) is 38.3. The molecular weight excluding hydrogens is 532 g/mol. The molecule has 8 aromatic rings. The maximum absolute atomic E-state index is 6.50. The van der Waals surface area contributed by atoms with E-state index in [1.807, 2.05) is 0 Å². The second-order valence-corrected chi connectivity index (χ2v) is 12.8. The summed E-state index contributed by atoms with van der Waals surface area (Å²) >= 11 is 0. The Labute approximate surface area is 257 Å². The first kappa shape index (κ1) is 25.4. The molecule has 210 valence electrons. The molecule has 9 rings (SSSR count). The van der Waals surface area contributed by atoms with Crippen LogP contribution in [0.2, 0.25) is 0 Å². The van der Waals surface area contributed by atoms with Crippen LogP contribution in [-0.2, 0) is 5.41 Å². The molecule has 1 aliphatic rings. The van der Waals surface area contributed by atoms with E-state index in [2.05, 4.69) is 148 Å². The molecule has 1 aromatic heterocycles. The number of fused-ring (bicyclic) bond motifs is 3. The third-order valence-corrected chi connectivity index (χ3v) is 10.1. The van der Waals surface area contributed by atoms with Crippen molar-refractivity contribution < 1.29 is 4.42 Å². The predicted octanol–water partition coefficient (Wildman–Crippen LogP) is 12.2. The molecule has 0 N–H and O–H groups in total. The van der Waals surface area contributed by atoms with Crippen molar-refractivity contribution in [2.45, 2.75) is 32.6 Å². The highest BCUT2D eigenvalue weighted by Gasteiger charge is 2.27. The summed E-state index contributed by atoms with van der Waals surface area (Å²) in [4.78, 5) is 0. The van der Waals surface area contributed by atoms with Crippen molar-refractivity contribution in [1.29, 1.82) is 0 Å². The Morgan fingerprint density at radius 1 is 0.568 bits per heavy atom. The van der Waals surface area contributed by atoms with Crippen LogP contribution in [0.5, 0.6) is 0 Å². The van der Waals surface area contributed by atoms with Crippen LogP contribution in [0, 0.1) is 13.8 Å². The summed E-state index contributed by atoms with van der Waals surface area (Å²) in [5.41, 5.74) is 10.6. The first-order valence-electron chi connectivity index (χ1n) is 15.6. The summed E-state index contributed by atoms with van der Waals surface area (Å²) in [7, 11) is 0. The van der Waals surface area contributed by atoms with E-state index in [4.69, 9.17) is 4.42 Å². The Morgan fingerprint density at radius 2 is 1.27 bits per heavy atom. The molecule has 1 heteroatoms. The number of benzene rings is 7. The summed E-state index contributed by atoms with van der Waals surface area (Å²) in [5, 5.41) is 10.4. The van der Waals surface area contributed by atoms with E-state index in [0.29, 0.717) is 0 Å². The Kier molecular flexibility index (Phi) is 5.29. The maximum atomic E-state index is 6.50. The van der Waals surface area contributed by atoms with E-state index in [1.54, 1.807) is 0 Å². The van der Waals surface area contributed by atoms with Crippen LogP contribution < -0.4 is 0 Å². The highest BCUT2D eigenvalue weighted by atomic mass is 16.3. The fourth-order valence-corrected chi connectivity index (χ4v) is 7.78. The molecule has 1 unspecified atom stereocenters. The van der Waals surface area contributed by atoms with E-state index in [1.165, 1.54) is 76.5 Å². The van der Waals surface area contributed by atoms with Gasteiger partial charge in [-0.3, -0.25) is 0 Å². The number of para-hydroxylation sites is 2. The Bertz CT molecular complexity index is 2500. The minimum absolute atomic E-state index is 0.00624. The van der Waals surface area contributed by atoms with E-state index in [9.17, 15) is 0 Å².